The molecule has 0 saturated heterocycles. The van der Waals surface area contributed by atoms with Gasteiger partial charge in [0.25, 0.3) is 0 Å². The first kappa shape index (κ1) is 12.9. The highest BCUT2D eigenvalue weighted by molar-refractivity contribution is 9.10. The van der Waals surface area contributed by atoms with Crippen molar-refractivity contribution in [2.24, 2.45) is 7.05 Å². The van der Waals surface area contributed by atoms with Crippen molar-refractivity contribution in [2.75, 3.05) is 5.73 Å². The maximum absolute atomic E-state index is 13.6. The largest absolute Gasteiger partial charge is 0.486 e. The van der Waals surface area contributed by atoms with Gasteiger partial charge in [0.1, 0.15) is 12.4 Å². The Labute approximate surface area is 113 Å². The second-order valence-corrected chi connectivity index (χ2v) is 4.85. The first-order chi connectivity index (χ1) is 8.49. The Hall–Kier alpha value is -1.56. The molecule has 2 rings (SSSR count). The van der Waals surface area contributed by atoms with Crippen LogP contribution in [0.4, 0.5) is 10.2 Å². The van der Waals surface area contributed by atoms with Crippen LogP contribution in [0.3, 0.4) is 0 Å². The molecule has 4 nitrogen and oxygen atoms in total. The van der Waals surface area contributed by atoms with Crippen molar-refractivity contribution in [3.63, 3.8) is 0 Å². The average molecular weight is 314 g/mol. The Balaban J connectivity index is 2.16. The van der Waals surface area contributed by atoms with E-state index in [2.05, 4.69) is 21.0 Å². The van der Waals surface area contributed by atoms with Gasteiger partial charge in [-0.05, 0) is 25.1 Å². The fourth-order valence-corrected chi connectivity index (χ4v) is 1.97. The number of rotatable bonds is 3. The van der Waals surface area contributed by atoms with Gasteiger partial charge in [0, 0.05) is 11.5 Å². The van der Waals surface area contributed by atoms with E-state index in [-0.39, 0.29) is 12.4 Å². The molecule has 0 fully saturated rings. The highest BCUT2D eigenvalue weighted by Gasteiger charge is 2.12. The van der Waals surface area contributed by atoms with Crippen LogP contribution in [0.5, 0.6) is 5.75 Å². The van der Waals surface area contributed by atoms with Crippen LogP contribution in [-0.4, -0.2) is 9.78 Å². The molecule has 0 aliphatic rings. The predicted molar refractivity (Wildman–Crippen MR) is 70.8 cm³/mol. The lowest BCUT2D eigenvalue weighted by molar-refractivity contribution is 0.290. The summed E-state index contributed by atoms with van der Waals surface area (Å²) >= 11 is 3.19. The Morgan fingerprint density at radius 1 is 1.50 bits per heavy atom. The molecule has 0 radical (unpaired) electrons. The lowest BCUT2D eigenvalue weighted by atomic mass is 10.2. The number of ether oxygens (including phenoxy) is 1. The van der Waals surface area contributed by atoms with Crippen LogP contribution in [0.1, 0.15) is 11.3 Å². The number of anilines is 1. The summed E-state index contributed by atoms with van der Waals surface area (Å²) in [4.78, 5) is 0. The zero-order valence-electron chi connectivity index (χ0n) is 10.1. The molecule has 1 heterocycles. The molecule has 0 bridgehead atoms. The summed E-state index contributed by atoms with van der Waals surface area (Å²) in [5.74, 6) is 0.315. The van der Waals surface area contributed by atoms with Crippen molar-refractivity contribution >= 4 is 21.7 Å². The van der Waals surface area contributed by atoms with Crippen LogP contribution in [0, 0.1) is 12.7 Å². The van der Waals surface area contributed by atoms with Gasteiger partial charge in [-0.1, -0.05) is 15.9 Å². The molecule has 6 heteroatoms. The lowest BCUT2D eigenvalue weighted by Gasteiger charge is -2.07. The molecule has 0 unspecified atom stereocenters. The molecule has 1 aromatic heterocycles. The van der Waals surface area contributed by atoms with Crippen molar-refractivity contribution in [2.45, 2.75) is 13.5 Å². The molecule has 2 N–H and O–H groups in total. The molecule has 18 heavy (non-hydrogen) atoms. The zero-order chi connectivity index (χ0) is 13.3. The average Bonchev–Trinajstić information content (AvgIpc) is 2.53. The fourth-order valence-electron chi connectivity index (χ4n) is 1.64. The van der Waals surface area contributed by atoms with E-state index >= 15 is 0 Å². The van der Waals surface area contributed by atoms with Gasteiger partial charge in [-0.2, -0.15) is 5.10 Å². The first-order valence-electron chi connectivity index (χ1n) is 5.35. The molecule has 0 saturated carbocycles. The minimum absolute atomic E-state index is 0.195. The van der Waals surface area contributed by atoms with E-state index in [0.717, 1.165) is 11.3 Å². The number of hydrogen-bond acceptors (Lipinski definition) is 3. The van der Waals surface area contributed by atoms with Gasteiger partial charge >= 0.3 is 0 Å². The molecule has 1 aromatic carbocycles. The second-order valence-electron chi connectivity index (χ2n) is 3.94. The highest BCUT2D eigenvalue weighted by atomic mass is 79.9. The van der Waals surface area contributed by atoms with Gasteiger partial charge < -0.3 is 10.5 Å². The Morgan fingerprint density at radius 3 is 2.78 bits per heavy atom. The van der Waals surface area contributed by atoms with Crippen molar-refractivity contribution < 1.29 is 9.13 Å². The maximum Gasteiger partial charge on any atom is 0.166 e. The number of aromatic nitrogens is 2. The fraction of sp³-hybridized carbons (Fsp3) is 0.250. The predicted octanol–water partition coefficient (Wildman–Crippen LogP) is 2.79. The van der Waals surface area contributed by atoms with E-state index in [1.54, 1.807) is 23.9 Å². The maximum atomic E-state index is 13.6. The molecule has 0 aliphatic heterocycles. The minimum atomic E-state index is -0.413. The molecule has 96 valence electrons. The number of nitrogens with two attached hydrogens (primary N) is 1. The molecule has 0 spiro atoms. The number of halogens is 2. The topological polar surface area (TPSA) is 53.1 Å². The van der Waals surface area contributed by atoms with Crippen LogP contribution in [0.2, 0.25) is 0 Å². The van der Waals surface area contributed by atoms with E-state index < -0.39 is 5.82 Å². The van der Waals surface area contributed by atoms with Crippen molar-refractivity contribution in [3.8, 4) is 5.75 Å². The van der Waals surface area contributed by atoms with E-state index in [1.165, 1.54) is 6.07 Å². The van der Waals surface area contributed by atoms with Crippen LogP contribution in [0.25, 0.3) is 0 Å². The third-order valence-corrected chi connectivity index (χ3v) is 3.15. The lowest BCUT2D eigenvalue weighted by Crippen LogP contribution is -2.03. The summed E-state index contributed by atoms with van der Waals surface area (Å²) in [6.45, 7) is 2.04. The van der Waals surface area contributed by atoms with Crippen LogP contribution in [-0.2, 0) is 13.7 Å². The summed E-state index contributed by atoms with van der Waals surface area (Å²) in [5, 5.41) is 4.17. The number of nitrogen functional groups attached to an aromatic ring is 1. The van der Waals surface area contributed by atoms with E-state index in [9.17, 15) is 4.39 Å². The monoisotopic (exact) mass is 313 g/mol. The van der Waals surface area contributed by atoms with Crippen LogP contribution >= 0.6 is 15.9 Å². The van der Waals surface area contributed by atoms with Gasteiger partial charge in [0.2, 0.25) is 0 Å². The number of benzene rings is 1. The molecular weight excluding hydrogens is 301 g/mol. The van der Waals surface area contributed by atoms with E-state index in [4.69, 9.17) is 10.5 Å². The van der Waals surface area contributed by atoms with Crippen molar-refractivity contribution in [1.29, 1.82) is 0 Å². The third kappa shape index (κ3) is 2.48. The normalized spacial score (nSPS) is 10.7. The standard InChI is InChI=1S/C12H13BrFN3O/c1-7-9(12(15)17(2)16-7)6-18-11-4-3-8(13)5-10(11)14/h3-5H,6,15H2,1-2H3. The number of aryl methyl sites for hydroxylation is 2. The van der Waals surface area contributed by atoms with Gasteiger partial charge in [-0.3, -0.25) is 4.68 Å². The van der Waals surface area contributed by atoms with Crippen LogP contribution in [0.15, 0.2) is 22.7 Å². The minimum Gasteiger partial charge on any atom is -0.486 e. The number of nitrogens with zero attached hydrogens (tertiary/aromatic N) is 2. The van der Waals surface area contributed by atoms with E-state index in [1.807, 2.05) is 6.92 Å². The van der Waals surface area contributed by atoms with Crippen molar-refractivity contribution in [3.05, 3.63) is 39.7 Å². The van der Waals surface area contributed by atoms with Gasteiger partial charge in [-0.15, -0.1) is 0 Å². The molecule has 0 aliphatic carbocycles. The molecule has 0 atom stereocenters. The summed E-state index contributed by atoms with van der Waals surface area (Å²) < 4.78 is 21.2. The molecular formula is C12H13BrFN3O. The Bertz CT molecular complexity index is 583. The summed E-state index contributed by atoms with van der Waals surface area (Å²) in [6, 6.07) is 4.65. The van der Waals surface area contributed by atoms with Crippen LogP contribution < -0.4 is 10.5 Å². The van der Waals surface area contributed by atoms with Gasteiger partial charge in [0.05, 0.1) is 11.3 Å². The second kappa shape index (κ2) is 4.97. The Morgan fingerprint density at radius 2 is 2.22 bits per heavy atom. The summed E-state index contributed by atoms with van der Waals surface area (Å²) in [5.41, 5.74) is 7.41. The SMILES string of the molecule is Cc1nn(C)c(N)c1COc1ccc(Br)cc1F. The van der Waals surface area contributed by atoms with E-state index in [0.29, 0.717) is 10.3 Å². The zero-order valence-corrected chi connectivity index (χ0v) is 11.7. The molecule has 0 amide bonds. The Kier molecular flexibility index (Phi) is 3.56. The third-order valence-electron chi connectivity index (χ3n) is 2.66. The van der Waals surface area contributed by atoms with Crippen molar-refractivity contribution in [1.82, 2.24) is 9.78 Å². The van der Waals surface area contributed by atoms with Gasteiger partial charge in [0.15, 0.2) is 11.6 Å². The first-order valence-corrected chi connectivity index (χ1v) is 6.14. The number of hydrogen-bond donors (Lipinski definition) is 1. The smallest absolute Gasteiger partial charge is 0.166 e. The molecule has 2 aromatic rings. The quantitative estimate of drug-likeness (QED) is 0.948. The van der Waals surface area contributed by atoms with Gasteiger partial charge in [-0.25, -0.2) is 4.39 Å². The highest BCUT2D eigenvalue weighted by Crippen LogP contribution is 2.24. The summed E-state index contributed by atoms with van der Waals surface area (Å²) in [6.07, 6.45) is 0. The summed E-state index contributed by atoms with van der Waals surface area (Å²) in [7, 11) is 1.76.